The number of aryl methyl sites for hydroxylation is 1. The summed E-state index contributed by atoms with van der Waals surface area (Å²) in [5.74, 6) is 0.290. The summed E-state index contributed by atoms with van der Waals surface area (Å²) in [5, 5.41) is 11.6. The minimum atomic E-state index is -0.575. The number of nitrogen functional groups attached to an aromatic ring is 1. The van der Waals surface area contributed by atoms with Gasteiger partial charge < -0.3 is 15.7 Å². The molecule has 0 unspecified atom stereocenters. The summed E-state index contributed by atoms with van der Waals surface area (Å²) in [5.41, 5.74) is 10.7. The van der Waals surface area contributed by atoms with Crippen LogP contribution in [0, 0.1) is 0 Å². The second kappa shape index (κ2) is 7.81. The number of benzene rings is 2. The third-order valence-corrected chi connectivity index (χ3v) is 5.76. The number of nitrogens with two attached hydrogens (primary N) is 1. The predicted octanol–water partition coefficient (Wildman–Crippen LogP) is 4.04. The molecular formula is C25H22N4O2. The van der Waals surface area contributed by atoms with Crippen molar-refractivity contribution >= 4 is 28.3 Å². The van der Waals surface area contributed by atoms with E-state index in [9.17, 15) is 9.90 Å². The molecular weight excluding hydrogens is 388 g/mol. The molecule has 0 bridgehead atoms. The molecule has 1 atom stereocenters. The molecule has 0 fully saturated rings. The minimum absolute atomic E-state index is 0.166. The zero-order valence-corrected chi connectivity index (χ0v) is 16.9. The molecule has 31 heavy (non-hydrogen) atoms. The van der Waals surface area contributed by atoms with Crippen LogP contribution in [0.5, 0.6) is 0 Å². The van der Waals surface area contributed by atoms with Crippen LogP contribution < -0.4 is 10.6 Å². The maximum atomic E-state index is 13.5. The highest BCUT2D eigenvalue weighted by atomic mass is 16.3. The Balaban J connectivity index is 1.60. The van der Waals surface area contributed by atoms with Crippen LogP contribution in [0.4, 0.5) is 11.5 Å². The number of fused-ring (bicyclic) bond motifs is 2. The predicted molar refractivity (Wildman–Crippen MR) is 121 cm³/mol. The van der Waals surface area contributed by atoms with Crippen molar-refractivity contribution in [2.24, 2.45) is 0 Å². The lowest BCUT2D eigenvalue weighted by atomic mass is 10.0. The number of nitrogens with zero attached hydrogens (tertiary/aromatic N) is 3. The maximum absolute atomic E-state index is 13.5. The second-order valence-electron chi connectivity index (χ2n) is 7.80. The average molecular weight is 410 g/mol. The fourth-order valence-corrected chi connectivity index (χ4v) is 4.25. The van der Waals surface area contributed by atoms with Crippen molar-refractivity contribution < 1.29 is 9.90 Å². The van der Waals surface area contributed by atoms with E-state index >= 15 is 0 Å². The molecule has 6 heteroatoms. The summed E-state index contributed by atoms with van der Waals surface area (Å²) in [6.07, 6.45) is 4.11. The Bertz CT molecular complexity index is 1270. The van der Waals surface area contributed by atoms with Crippen molar-refractivity contribution in [2.45, 2.75) is 25.5 Å². The standard InChI is InChI=1S/C25H22N4O2/c26-23-11-9-17-7-6-16(13-20(17)28-23)15-29(25(31)19-4-2-12-27-14-19)21-5-1-3-18-8-10-22(30)24(18)21/h1-7,9,11-14,22,30H,8,10,15H2,(H2,26,28)/t22-/m1/s1. The molecule has 1 aliphatic carbocycles. The summed E-state index contributed by atoms with van der Waals surface area (Å²) < 4.78 is 0. The Morgan fingerprint density at radius 1 is 1.13 bits per heavy atom. The van der Waals surface area contributed by atoms with Gasteiger partial charge in [-0.25, -0.2) is 4.98 Å². The van der Waals surface area contributed by atoms with Crippen LogP contribution in [0.3, 0.4) is 0 Å². The highest BCUT2D eigenvalue weighted by molar-refractivity contribution is 6.06. The van der Waals surface area contributed by atoms with Crippen molar-refractivity contribution in [3.63, 3.8) is 0 Å². The van der Waals surface area contributed by atoms with E-state index in [1.807, 2.05) is 42.5 Å². The third kappa shape index (κ3) is 3.62. The fourth-order valence-electron chi connectivity index (χ4n) is 4.25. The van der Waals surface area contributed by atoms with Gasteiger partial charge in [0, 0.05) is 23.3 Å². The van der Waals surface area contributed by atoms with Gasteiger partial charge in [-0.2, -0.15) is 0 Å². The molecule has 5 rings (SSSR count). The zero-order valence-electron chi connectivity index (χ0n) is 16.9. The van der Waals surface area contributed by atoms with E-state index in [2.05, 4.69) is 9.97 Å². The Hall–Kier alpha value is -3.77. The van der Waals surface area contributed by atoms with Crippen LogP contribution in [-0.4, -0.2) is 21.0 Å². The normalized spacial score (nSPS) is 15.1. The number of carbonyl (C=O) groups excluding carboxylic acids is 1. The van der Waals surface area contributed by atoms with E-state index in [0.29, 0.717) is 24.3 Å². The Labute approximate surface area is 180 Å². The number of carbonyl (C=O) groups is 1. The average Bonchev–Trinajstić information content (AvgIpc) is 3.18. The molecule has 154 valence electrons. The molecule has 4 aromatic rings. The number of amides is 1. The van der Waals surface area contributed by atoms with Crippen molar-refractivity contribution in [3.05, 3.63) is 95.3 Å². The van der Waals surface area contributed by atoms with Gasteiger partial charge in [-0.1, -0.05) is 24.3 Å². The van der Waals surface area contributed by atoms with Gasteiger partial charge in [0.1, 0.15) is 5.82 Å². The first-order valence-electron chi connectivity index (χ1n) is 10.3. The highest BCUT2D eigenvalue weighted by Crippen LogP contribution is 2.39. The third-order valence-electron chi connectivity index (χ3n) is 5.76. The van der Waals surface area contributed by atoms with Gasteiger partial charge in [0.05, 0.1) is 29.4 Å². The first-order valence-corrected chi connectivity index (χ1v) is 10.3. The smallest absolute Gasteiger partial charge is 0.260 e. The van der Waals surface area contributed by atoms with Crippen molar-refractivity contribution in [2.75, 3.05) is 10.6 Å². The van der Waals surface area contributed by atoms with Crippen molar-refractivity contribution in [3.8, 4) is 0 Å². The number of rotatable bonds is 4. The van der Waals surface area contributed by atoms with Crippen LogP contribution in [-0.2, 0) is 13.0 Å². The fraction of sp³-hybridized carbons (Fsp3) is 0.160. The summed E-state index contributed by atoms with van der Waals surface area (Å²) in [7, 11) is 0. The van der Waals surface area contributed by atoms with Crippen LogP contribution in [0.15, 0.2) is 73.1 Å². The lowest BCUT2D eigenvalue weighted by Crippen LogP contribution is -2.31. The molecule has 1 amide bonds. The number of aromatic nitrogens is 2. The molecule has 0 saturated heterocycles. The lowest BCUT2D eigenvalue weighted by molar-refractivity contribution is 0.0984. The van der Waals surface area contributed by atoms with Crippen molar-refractivity contribution in [1.82, 2.24) is 9.97 Å². The molecule has 2 heterocycles. The quantitative estimate of drug-likeness (QED) is 0.530. The van der Waals surface area contributed by atoms with Crippen molar-refractivity contribution in [1.29, 1.82) is 0 Å². The number of hydrogen-bond donors (Lipinski definition) is 2. The van der Waals surface area contributed by atoms with Crippen LogP contribution in [0.2, 0.25) is 0 Å². The van der Waals surface area contributed by atoms with Gasteiger partial charge in [-0.3, -0.25) is 9.78 Å². The molecule has 0 spiro atoms. The SMILES string of the molecule is Nc1ccc2ccc(CN(C(=O)c3cccnc3)c3cccc4c3[C@H](O)CC4)cc2n1. The molecule has 3 N–H and O–H groups in total. The Kier molecular flexibility index (Phi) is 4.84. The summed E-state index contributed by atoms with van der Waals surface area (Å²) in [6, 6.07) is 19.0. The number of anilines is 2. The largest absolute Gasteiger partial charge is 0.388 e. The topological polar surface area (TPSA) is 92.3 Å². The minimum Gasteiger partial charge on any atom is -0.388 e. The molecule has 2 aromatic carbocycles. The number of aliphatic hydroxyl groups excluding tert-OH is 1. The molecule has 6 nitrogen and oxygen atoms in total. The van der Waals surface area contributed by atoms with E-state index in [4.69, 9.17) is 5.73 Å². The van der Waals surface area contributed by atoms with Gasteiger partial charge in [-0.05, 0) is 60.4 Å². The monoisotopic (exact) mass is 410 g/mol. The number of pyridine rings is 2. The lowest BCUT2D eigenvalue weighted by Gasteiger charge is -2.26. The van der Waals surface area contributed by atoms with Gasteiger partial charge in [0.2, 0.25) is 0 Å². The van der Waals surface area contributed by atoms with Crippen LogP contribution in [0.1, 0.15) is 39.6 Å². The van der Waals surface area contributed by atoms with Crippen LogP contribution in [0.25, 0.3) is 10.9 Å². The van der Waals surface area contributed by atoms with Gasteiger partial charge in [-0.15, -0.1) is 0 Å². The second-order valence-corrected chi connectivity index (χ2v) is 7.80. The van der Waals surface area contributed by atoms with Gasteiger partial charge >= 0.3 is 0 Å². The van der Waals surface area contributed by atoms with E-state index in [-0.39, 0.29) is 5.91 Å². The summed E-state index contributed by atoms with van der Waals surface area (Å²) in [4.78, 5) is 23.8. The summed E-state index contributed by atoms with van der Waals surface area (Å²) in [6.45, 7) is 0.337. The number of hydrogen-bond acceptors (Lipinski definition) is 5. The summed E-state index contributed by atoms with van der Waals surface area (Å²) >= 11 is 0. The first kappa shape index (κ1) is 19.2. The highest BCUT2D eigenvalue weighted by Gasteiger charge is 2.29. The van der Waals surface area contributed by atoms with E-state index in [0.717, 1.165) is 39.7 Å². The Morgan fingerprint density at radius 3 is 2.84 bits per heavy atom. The molecule has 2 aromatic heterocycles. The zero-order chi connectivity index (χ0) is 21.4. The number of aliphatic hydroxyl groups is 1. The van der Waals surface area contributed by atoms with E-state index < -0.39 is 6.10 Å². The Morgan fingerprint density at radius 2 is 2.00 bits per heavy atom. The van der Waals surface area contributed by atoms with E-state index in [1.165, 1.54) is 0 Å². The molecule has 0 aliphatic heterocycles. The van der Waals surface area contributed by atoms with Gasteiger partial charge in [0.15, 0.2) is 0 Å². The molecule has 0 saturated carbocycles. The van der Waals surface area contributed by atoms with Gasteiger partial charge in [0.25, 0.3) is 5.91 Å². The van der Waals surface area contributed by atoms with E-state index in [1.54, 1.807) is 35.5 Å². The molecule has 1 aliphatic rings. The van der Waals surface area contributed by atoms with Crippen LogP contribution >= 0.6 is 0 Å². The maximum Gasteiger partial charge on any atom is 0.260 e. The molecule has 0 radical (unpaired) electrons. The first-order chi connectivity index (χ1) is 15.1.